The number of nitrogens with two attached hydrogens (primary N) is 1. The van der Waals surface area contributed by atoms with Crippen LogP contribution in [0, 0.1) is 0 Å². The molecule has 94 valence electrons. The van der Waals surface area contributed by atoms with Gasteiger partial charge in [0.05, 0.1) is 17.9 Å². The van der Waals surface area contributed by atoms with Gasteiger partial charge in [0.1, 0.15) is 0 Å². The predicted molar refractivity (Wildman–Crippen MR) is 59.4 cm³/mol. The van der Waals surface area contributed by atoms with Crippen LogP contribution in [0.15, 0.2) is 23.4 Å². The minimum absolute atomic E-state index is 0.0448. The Morgan fingerprint density at radius 1 is 1.35 bits per heavy atom. The Morgan fingerprint density at radius 2 is 1.94 bits per heavy atom. The second-order valence-corrected chi connectivity index (χ2v) is 5.71. The fourth-order valence-corrected chi connectivity index (χ4v) is 3.17. The van der Waals surface area contributed by atoms with Crippen LogP contribution >= 0.6 is 0 Å². The smallest absolute Gasteiger partial charge is 0.262 e. The summed E-state index contributed by atoms with van der Waals surface area (Å²) in [6.07, 6.45) is -0.823. The van der Waals surface area contributed by atoms with Crippen molar-refractivity contribution in [2.75, 3.05) is 18.8 Å². The molecule has 17 heavy (non-hydrogen) atoms. The molecule has 0 bridgehead atoms. The van der Waals surface area contributed by atoms with Gasteiger partial charge in [0.2, 0.25) is 0 Å². The van der Waals surface area contributed by atoms with Gasteiger partial charge in [0, 0.05) is 19.3 Å². The van der Waals surface area contributed by atoms with E-state index in [9.17, 15) is 18.6 Å². The molecule has 2 heterocycles. The average molecular weight is 259 g/mol. The van der Waals surface area contributed by atoms with Crippen molar-refractivity contribution in [2.45, 2.75) is 17.2 Å². The number of pyridine rings is 1. The van der Waals surface area contributed by atoms with E-state index in [1.807, 2.05) is 0 Å². The van der Waals surface area contributed by atoms with E-state index < -0.39 is 22.2 Å². The maximum absolute atomic E-state index is 12.1. The van der Waals surface area contributed by atoms with Gasteiger partial charge in [0.25, 0.3) is 10.0 Å². The summed E-state index contributed by atoms with van der Waals surface area (Å²) in [4.78, 5) is 3.73. The lowest BCUT2D eigenvalue weighted by Gasteiger charge is -2.15. The van der Waals surface area contributed by atoms with Gasteiger partial charge in [-0.15, -0.1) is 0 Å². The second-order valence-electron chi connectivity index (χ2n) is 3.85. The summed E-state index contributed by atoms with van der Waals surface area (Å²) in [5, 5.41) is 18.4. The van der Waals surface area contributed by atoms with Crippen LogP contribution in [-0.4, -0.2) is 53.2 Å². The molecule has 0 spiro atoms. The monoisotopic (exact) mass is 259 g/mol. The number of sulfonamides is 1. The number of hydrogen-bond acceptors (Lipinski definition) is 6. The number of rotatable bonds is 2. The van der Waals surface area contributed by atoms with Gasteiger partial charge in [-0.1, -0.05) is 0 Å². The van der Waals surface area contributed by atoms with Gasteiger partial charge >= 0.3 is 0 Å². The van der Waals surface area contributed by atoms with Gasteiger partial charge in [-0.05, 0) is 12.1 Å². The van der Waals surface area contributed by atoms with Crippen LogP contribution in [0.4, 0.5) is 5.69 Å². The third-order valence-electron chi connectivity index (χ3n) is 2.61. The number of hydrogen-bond donors (Lipinski definition) is 3. The molecular weight excluding hydrogens is 246 g/mol. The second kappa shape index (κ2) is 4.22. The van der Waals surface area contributed by atoms with E-state index in [-0.39, 0.29) is 23.8 Å². The third kappa shape index (κ3) is 2.12. The van der Waals surface area contributed by atoms with Gasteiger partial charge in [-0.3, -0.25) is 0 Å². The largest absolute Gasteiger partial charge is 0.396 e. The summed E-state index contributed by atoms with van der Waals surface area (Å²) in [7, 11) is -3.86. The molecular formula is C9H13N3O4S. The molecule has 7 nitrogen and oxygen atoms in total. The minimum Gasteiger partial charge on any atom is -0.396 e. The molecule has 1 aromatic heterocycles. The molecule has 0 saturated carbocycles. The maximum Gasteiger partial charge on any atom is 0.262 e. The summed E-state index contributed by atoms with van der Waals surface area (Å²) in [6, 6.07) is 2.96. The maximum atomic E-state index is 12.1. The van der Waals surface area contributed by atoms with Crippen LogP contribution in [0.1, 0.15) is 0 Å². The zero-order valence-electron chi connectivity index (χ0n) is 8.89. The average Bonchev–Trinajstić information content (AvgIpc) is 2.60. The first kappa shape index (κ1) is 12.2. The molecule has 1 aliphatic heterocycles. The number of aromatic nitrogens is 1. The van der Waals surface area contributed by atoms with Crippen molar-refractivity contribution in [3.63, 3.8) is 0 Å². The highest BCUT2D eigenvalue weighted by atomic mass is 32.2. The predicted octanol–water partition coefficient (Wildman–Crippen LogP) is -1.61. The van der Waals surface area contributed by atoms with Crippen LogP contribution in [0.2, 0.25) is 0 Å². The topological polar surface area (TPSA) is 117 Å². The van der Waals surface area contributed by atoms with E-state index in [0.29, 0.717) is 0 Å². The molecule has 0 aliphatic carbocycles. The molecule has 2 atom stereocenters. The lowest BCUT2D eigenvalue weighted by atomic mass is 10.3. The normalized spacial score (nSPS) is 26.2. The Balaban J connectivity index is 2.36. The molecule has 1 fully saturated rings. The summed E-state index contributed by atoms with van der Waals surface area (Å²) in [5.41, 5.74) is 5.60. The molecule has 1 aromatic rings. The summed E-state index contributed by atoms with van der Waals surface area (Å²) in [5.74, 6) is 0. The molecule has 1 aliphatic rings. The van der Waals surface area contributed by atoms with Gasteiger partial charge < -0.3 is 15.9 Å². The number of aliphatic hydroxyl groups excluding tert-OH is 2. The van der Waals surface area contributed by atoms with Crippen molar-refractivity contribution in [2.24, 2.45) is 0 Å². The van der Waals surface area contributed by atoms with Crippen molar-refractivity contribution in [1.29, 1.82) is 0 Å². The van der Waals surface area contributed by atoms with Crippen LogP contribution in [0.25, 0.3) is 0 Å². The summed E-state index contributed by atoms with van der Waals surface area (Å²) in [6.45, 7) is -0.307. The van der Waals surface area contributed by atoms with Gasteiger partial charge in [-0.2, -0.15) is 4.31 Å². The highest BCUT2D eigenvalue weighted by Crippen LogP contribution is 2.23. The standard InChI is InChI=1S/C9H13N3O4S/c10-6-2-1-3-11-9(6)17(15,16)12-4-7(13)8(14)5-12/h1-3,7-8,13-14H,4-5,10H2. The molecule has 2 rings (SSSR count). The lowest BCUT2D eigenvalue weighted by Crippen LogP contribution is -2.31. The fourth-order valence-electron chi connectivity index (χ4n) is 1.67. The van der Waals surface area contributed by atoms with Crippen LogP contribution in [0.3, 0.4) is 0 Å². The Morgan fingerprint density at radius 3 is 2.47 bits per heavy atom. The zero-order valence-corrected chi connectivity index (χ0v) is 9.71. The molecule has 0 radical (unpaired) electrons. The highest BCUT2D eigenvalue weighted by molar-refractivity contribution is 7.89. The zero-order chi connectivity index (χ0) is 12.6. The van der Waals surface area contributed by atoms with E-state index in [4.69, 9.17) is 5.73 Å². The number of nitrogen functional groups attached to an aromatic ring is 1. The van der Waals surface area contributed by atoms with E-state index >= 15 is 0 Å². The van der Waals surface area contributed by atoms with E-state index in [2.05, 4.69) is 4.98 Å². The summed E-state index contributed by atoms with van der Waals surface area (Å²) >= 11 is 0. The van der Waals surface area contributed by atoms with Crippen LogP contribution < -0.4 is 5.73 Å². The Bertz CT molecular complexity index is 509. The van der Waals surface area contributed by atoms with Crippen molar-refractivity contribution in [3.05, 3.63) is 18.3 Å². The molecule has 0 amide bonds. The molecule has 4 N–H and O–H groups in total. The minimum atomic E-state index is -3.86. The first-order valence-electron chi connectivity index (χ1n) is 4.99. The Hall–Kier alpha value is -1.22. The van der Waals surface area contributed by atoms with E-state index in [0.717, 1.165) is 4.31 Å². The first-order chi connectivity index (χ1) is 7.93. The van der Waals surface area contributed by atoms with Crippen molar-refractivity contribution in [3.8, 4) is 0 Å². The van der Waals surface area contributed by atoms with Crippen LogP contribution in [0.5, 0.6) is 0 Å². The van der Waals surface area contributed by atoms with Crippen LogP contribution in [-0.2, 0) is 10.0 Å². The van der Waals surface area contributed by atoms with Gasteiger partial charge in [-0.25, -0.2) is 13.4 Å². The highest BCUT2D eigenvalue weighted by Gasteiger charge is 2.38. The lowest BCUT2D eigenvalue weighted by molar-refractivity contribution is 0.0572. The molecule has 1 saturated heterocycles. The Labute approximate surface area is 98.6 Å². The number of aliphatic hydroxyl groups is 2. The van der Waals surface area contributed by atoms with Crippen molar-refractivity contribution >= 4 is 15.7 Å². The molecule has 8 heteroatoms. The van der Waals surface area contributed by atoms with E-state index in [1.54, 1.807) is 0 Å². The van der Waals surface area contributed by atoms with E-state index in [1.165, 1.54) is 18.3 Å². The molecule has 0 aromatic carbocycles. The van der Waals surface area contributed by atoms with Crippen molar-refractivity contribution < 1.29 is 18.6 Å². The number of anilines is 1. The molecule has 2 unspecified atom stereocenters. The quantitative estimate of drug-likeness (QED) is 0.588. The van der Waals surface area contributed by atoms with Gasteiger partial charge in [0.15, 0.2) is 5.03 Å². The summed E-state index contributed by atoms with van der Waals surface area (Å²) < 4.78 is 25.2. The number of nitrogens with zero attached hydrogens (tertiary/aromatic N) is 2. The fraction of sp³-hybridized carbons (Fsp3) is 0.444. The van der Waals surface area contributed by atoms with Crippen molar-refractivity contribution in [1.82, 2.24) is 9.29 Å². The third-order valence-corrected chi connectivity index (χ3v) is 4.42. The SMILES string of the molecule is Nc1cccnc1S(=O)(=O)N1CC(O)C(O)C1. The first-order valence-corrected chi connectivity index (χ1v) is 6.43. The number of β-amino-alcohol motifs (C(OH)–C–C–N with tert-alkyl or cyclic N) is 2. The Kier molecular flexibility index (Phi) is 3.04.